The zero-order valence-corrected chi connectivity index (χ0v) is 29.7. The highest BCUT2D eigenvalue weighted by atomic mass is 19.4. The van der Waals surface area contributed by atoms with Gasteiger partial charge in [-0.1, -0.05) is 113 Å². The van der Waals surface area contributed by atoms with Crippen molar-refractivity contribution in [3.8, 4) is 22.3 Å². The SMILES string of the molecule is CCCCCC[C@@H](C)OC(=O)c1ccc2cc(-c3ccc(-c4ccc5cc(C(=O)O[C@@H](CCCCCC)C(F)(F)F)ccc5c4)cc3)ccc2c1. The third kappa shape index (κ3) is 10.2. The number of hydrogen-bond acceptors (Lipinski definition) is 4. The monoisotopic (exact) mass is 696 g/mol. The van der Waals surface area contributed by atoms with Crippen LogP contribution >= 0.6 is 0 Å². The fourth-order valence-corrected chi connectivity index (χ4v) is 6.37. The molecule has 0 fully saturated rings. The van der Waals surface area contributed by atoms with Crippen LogP contribution in [0.5, 0.6) is 0 Å². The summed E-state index contributed by atoms with van der Waals surface area (Å²) in [5.74, 6) is -1.26. The van der Waals surface area contributed by atoms with E-state index in [1.54, 1.807) is 12.1 Å². The number of alkyl halides is 3. The van der Waals surface area contributed by atoms with E-state index in [1.165, 1.54) is 18.9 Å². The lowest BCUT2D eigenvalue weighted by Crippen LogP contribution is -2.33. The quantitative estimate of drug-likeness (QED) is 0.0761. The molecule has 0 amide bonds. The van der Waals surface area contributed by atoms with Crippen LogP contribution < -0.4 is 0 Å². The number of fused-ring (bicyclic) bond motifs is 2. The number of hydrogen-bond donors (Lipinski definition) is 0. The van der Waals surface area contributed by atoms with Gasteiger partial charge in [0.1, 0.15) is 0 Å². The summed E-state index contributed by atoms with van der Waals surface area (Å²) in [6, 6.07) is 30.7. The van der Waals surface area contributed by atoms with Crippen molar-refractivity contribution in [2.75, 3.05) is 0 Å². The normalized spacial score (nSPS) is 12.9. The number of benzene rings is 5. The van der Waals surface area contributed by atoms with Gasteiger partial charge in [-0.2, -0.15) is 13.2 Å². The highest BCUT2D eigenvalue weighted by molar-refractivity contribution is 5.98. The van der Waals surface area contributed by atoms with E-state index in [1.807, 2.05) is 74.5 Å². The first kappa shape index (κ1) is 37.6. The summed E-state index contributed by atoms with van der Waals surface area (Å²) in [6.07, 6.45) is 1.20. The predicted molar refractivity (Wildman–Crippen MR) is 200 cm³/mol. The average molecular weight is 697 g/mol. The lowest BCUT2D eigenvalue weighted by atomic mass is 9.96. The van der Waals surface area contributed by atoms with Crippen LogP contribution in [0.15, 0.2) is 97.1 Å². The highest BCUT2D eigenvalue weighted by Gasteiger charge is 2.42. The van der Waals surface area contributed by atoms with Crippen LogP contribution in [-0.4, -0.2) is 30.3 Å². The smallest absolute Gasteiger partial charge is 0.425 e. The van der Waals surface area contributed by atoms with Gasteiger partial charge in [0.15, 0.2) is 6.10 Å². The molecule has 268 valence electrons. The van der Waals surface area contributed by atoms with Gasteiger partial charge in [-0.25, -0.2) is 9.59 Å². The van der Waals surface area contributed by atoms with Gasteiger partial charge in [-0.15, -0.1) is 0 Å². The zero-order chi connectivity index (χ0) is 36.4. The molecule has 7 heteroatoms. The van der Waals surface area contributed by atoms with Gasteiger partial charge in [-0.3, -0.25) is 0 Å². The van der Waals surface area contributed by atoms with Crippen LogP contribution in [0.1, 0.15) is 106 Å². The van der Waals surface area contributed by atoms with E-state index in [2.05, 4.69) is 25.1 Å². The second-order valence-corrected chi connectivity index (χ2v) is 13.5. The third-order valence-corrected chi connectivity index (χ3v) is 9.41. The van der Waals surface area contributed by atoms with Gasteiger partial charge in [0.05, 0.1) is 17.2 Å². The summed E-state index contributed by atoms with van der Waals surface area (Å²) in [6.45, 7) is 6.12. The van der Waals surface area contributed by atoms with Crippen LogP contribution in [0, 0.1) is 0 Å². The highest BCUT2D eigenvalue weighted by Crippen LogP contribution is 2.31. The zero-order valence-electron chi connectivity index (χ0n) is 29.7. The Morgan fingerprint density at radius 3 is 1.41 bits per heavy atom. The van der Waals surface area contributed by atoms with E-state index in [0.717, 1.165) is 75.9 Å². The second-order valence-electron chi connectivity index (χ2n) is 13.5. The number of rotatable bonds is 16. The van der Waals surface area contributed by atoms with Crippen molar-refractivity contribution in [2.45, 2.75) is 103 Å². The maximum Gasteiger partial charge on any atom is 0.425 e. The van der Waals surface area contributed by atoms with Crippen LogP contribution in [0.4, 0.5) is 13.2 Å². The van der Waals surface area contributed by atoms with E-state index in [0.29, 0.717) is 18.4 Å². The summed E-state index contributed by atoms with van der Waals surface area (Å²) in [5.41, 5.74) is 4.72. The lowest BCUT2D eigenvalue weighted by Gasteiger charge is -2.20. The van der Waals surface area contributed by atoms with E-state index < -0.39 is 18.2 Å². The van der Waals surface area contributed by atoms with E-state index in [4.69, 9.17) is 9.47 Å². The maximum atomic E-state index is 13.6. The minimum atomic E-state index is -4.61. The Hall–Kier alpha value is -4.65. The molecule has 0 aromatic heterocycles. The molecule has 0 aliphatic rings. The summed E-state index contributed by atoms with van der Waals surface area (Å²) in [5, 5.41) is 3.59. The standard InChI is InChI=1S/C44H47F3O4/c1-4-6-8-10-12-30(3)50-42(48)39-24-22-35-26-33(18-20-37(35)28-39)31-14-16-32(17-15-31)34-19-21-38-29-40(25-23-36(38)27-34)43(49)51-41(44(45,46)47)13-11-9-7-5-2/h14-30,41H,4-13H2,1-3H3/t30-,41+/m1/s1. The van der Waals surface area contributed by atoms with E-state index in [-0.39, 0.29) is 24.1 Å². The average Bonchev–Trinajstić information content (AvgIpc) is 3.13. The van der Waals surface area contributed by atoms with E-state index >= 15 is 0 Å². The van der Waals surface area contributed by atoms with Gasteiger partial charge in [0.2, 0.25) is 0 Å². The third-order valence-electron chi connectivity index (χ3n) is 9.41. The fraction of sp³-hybridized carbons (Fsp3) is 0.364. The number of esters is 2. The molecule has 5 aromatic carbocycles. The molecule has 0 radical (unpaired) electrons. The molecule has 0 aliphatic carbocycles. The van der Waals surface area contributed by atoms with E-state index in [9.17, 15) is 22.8 Å². The summed E-state index contributed by atoms with van der Waals surface area (Å²) < 4.78 is 51.3. The Morgan fingerprint density at radius 2 is 0.941 bits per heavy atom. The number of halogens is 3. The van der Waals surface area contributed by atoms with Gasteiger partial charge in [0, 0.05) is 0 Å². The molecule has 5 aromatic rings. The first-order chi connectivity index (χ1) is 24.5. The molecule has 0 bridgehead atoms. The molecule has 0 aliphatic heterocycles. The summed E-state index contributed by atoms with van der Waals surface area (Å²) >= 11 is 0. The number of carbonyl (C=O) groups is 2. The lowest BCUT2D eigenvalue weighted by molar-refractivity contribution is -0.206. The number of carbonyl (C=O) groups excluding carboxylic acids is 2. The molecule has 0 spiro atoms. The first-order valence-corrected chi connectivity index (χ1v) is 18.2. The molecule has 0 N–H and O–H groups in total. The largest absolute Gasteiger partial charge is 0.459 e. The minimum Gasteiger partial charge on any atom is -0.459 e. The van der Waals surface area contributed by atoms with Gasteiger partial charge in [-0.05, 0) is 113 Å². The number of unbranched alkanes of at least 4 members (excludes halogenated alkanes) is 6. The van der Waals surface area contributed by atoms with Crippen molar-refractivity contribution in [1.29, 1.82) is 0 Å². The van der Waals surface area contributed by atoms with Crippen LogP contribution in [0.2, 0.25) is 0 Å². The molecule has 0 saturated carbocycles. The van der Waals surface area contributed by atoms with Crippen molar-refractivity contribution in [1.82, 2.24) is 0 Å². The molecule has 0 unspecified atom stereocenters. The van der Waals surface area contributed by atoms with Crippen LogP contribution in [-0.2, 0) is 9.47 Å². The number of ether oxygens (including phenoxy) is 2. The molecule has 5 rings (SSSR count). The predicted octanol–water partition coefficient (Wildman–Crippen LogP) is 12.9. The summed E-state index contributed by atoms with van der Waals surface area (Å²) in [7, 11) is 0. The Kier molecular flexibility index (Phi) is 12.9. The Labute approximate surface area is 299 Å². The van der Waals surface area contributed by atoms with Gasteiger partial charge < -0.3 is 9.47 Å². The second kappa shape index (κ2) is 17.5. The maximum absolute atomic E-state index is 13.6. The van der Waals surface area contributed by atoms with Crippen molar-refractivity contribution in [3.63, 3.8) is 0 Å². The molecule has 2 atom stereocenters. The van der Waals surface area contributed by atoms with Gasteiger partial charge in [0.25, 0.3) is 0 Å². The fourth-order valence-electron chi connectivity index (χ4n) is 6.37. The Bertz CT molecular complexity index is 1930. The van der Waals surface area contributed by atoms with Crippen LogP contribution in [0.3, 0.4) is 0 Å². The molecule has 4 nitrogen and oxygen atoms in total. The molecule has 0 saturated heterocycles. The topological polar surface area (TPSA) is 52.6 Å². The molecule has 0 heterocycles. The minimum absolute atomic E-state index is 0.0942. The van der Waals surface area contributed by atoms with Crippen molar-refractivity contribution in [2.24, 2.45) is 0 Å². The van der Waals surface area contributed by atoms with Crippen molar-refractivity contribution in [3.05, 3.63) is 108 Å². The Morgan fingerprint density at radius 1 is 0.529 bits per heavy atom. The molecule has 51 heavy (non-hydrogen) atoms. The summed E-state index contributed by atoms with van der Waals surface area (Å²) in [4.78, 5) is 25.5. The van der Waals surface area contributed by atoms with Crippen LogP contribution in [0.25, 0.3) is 43.8 Å². The van der Waals surface area contributed by atoms with Crippen molar-refractivity contribution < 1.29 is 32.2 Å². The Balaban J connectivity index is 1.23. The van der Waals surface area contributed by atoms with Crippen molar-refractivity contribution >= 4 is 33.5 Å². The van der Waals surface area contributed by atoms with Gasteiger partial charge >= 0.3 is 18.1 Å². The first-order valence-electron chi connectivity index (χ1n) is 18.2. The molecular weight excluding hydrogens is 649 g/mol. The molecular formula is C44H47F3O4.